The Hall–Kier alpha value is -1.65. The van der Waals surface area contributed by atoms with Crippen molar-refractivity contribution in [1.29, 1.82) is 0 Å². The molecular weight excluding hydrogens is 338 g/mol. The second kappa shape index (κ2) is 7.95. The van der Waals surface area contributed by atoms with Crippen LogP contribution in [0.15, 0.2) is 48.8 Å². The van der Waals surface area contributed by atoms with Crippen molar-refractivity contribution in [1.82, 2.24) is 10.3 Å². The summed E-state index contributed by atoms with van der Waals surface area (Å²) in [5.74, 6) is 0. The second-order valence-corrected chi connectivity index (χ2v) is 7.27. The maximum atomic E-state index is 5.97. The van der Waals surface area contributed by atoms with E-state index in [4.69, 9.17) is 23.8 Å². The molecule has 0 unspecified atom stereocenters. The lowest BCUT2D eigenvalue weighted by atomic mass is 9.89. The van der Waals surface area contributed by atoms with Crippen LogP contribution in [0.5, 0.6) is 0 Å². The van der Waals surface area contributed by atoms with Crippen molar-refractivity contribution in [3.8, 4) is 0 Å². The molecule has 0 saturated heterocycles. The van der Waals surface area contributed by atoms with Crippen LogP contribution < -0.4 is 10.6 Å². The number of anilines is 1. The van der Waals surface area contributed by atoms with Gasteiger partial charge in [-0.25, -0.2) is 0 Å². The number of hydrogen-bond acceptors (Lipinski definition) is 2. The van der Waals surface area contributed by atoms with E-state index in [1.54, 1.807) is 12.4 Å². The molecule has 1 fully saturated rings. The zero-order valence-corrected chi connectivity index (χ0v) is 15.2. The third kappa shape index (κ3) is 4.68. The molecule has 0 aliphatic heterocycles. The molecule has 3 nitrogen and oxygen atoms in total. The SMILES string of the molecule is S=C(Nc1ccncc1)NC1(CCc2ccc(Cl)cc2)CCCC1. The fourth-order valence-corrected chi connectivity index (χ4v) is 3.82. The highest BCUT2D eigenvalue weighted by molar-refractivity contribution is 7.80. The van der Waals surface area contributed by atoms with Crippen LogP contribution in [0.1, 0.15) is 37.7 Å². The molecule has 24 heavy (non-hydrogen) atoms. The Morgan fingerprint density at radius 2 is 1.75 bits per heavy atom. The maximum absolute atomic E-state index is 5.97. The van der Waals surface area contributed by atoms with E-state index in [0.29, 0.717) is 5.11 Å². The summed E-state index contributed by atoms with van der Waals surface area (Å²) in [6.07, 6.45) is 10.5. The third-order valence-electron chi connectivity index (χ3n) is 4.68. The van der Waals surface area contributed by atoms with Crippen LogP contribution in [0.25, 0.3) is 0 Å². The maximum Gasteiger partial charge on any atom is 0.171 e. The first kappa shape index (κ1) is 17.2. The highest BCUT2D eigenvalue weighted by Gasteiger charge is 2.33. The van der Waals surface area contributed by atoms with E-state index >= 15 is 0 Å². The number of pyridine rings is 1. The van der Waals surface area contributed by atoms with Gasteiger partial charge in [-0.15, -0.1) is 0 Å². The van der Waals surface area contributed by atoms with Crippen LogP contribution in [-0.4, -0.2) is 15.6 Å². The zero-order valence-electron chi connectivity index (χ0n) is 13.6. The molecule has 5 heteroatoms. The summed E-state index contributed by atoms with van der Waals surface area (Å²) in [6.45, 7) is 0. The highest BCUT2D eigenvalue weighted by atomic mass is 35.5. The Kier molecular flexibility index (Phi) is 5.69. The normalized spacial score (nSPS) is 15.9. The van der Waals surface area contributed by atoms with Gasteiger partial charge in [0.15, 0.2) is 5.11 Å². The number of aryl methyl sites for hydroxylation is 1. The van der Waals surface area contributed by atoms with E-state index in [9.17, 15) is 0 Å². The molecule has 0 amide bonds. The largest absolute Gasteiger partial charge is 0.357 e. The first-order valence-electron chi connectivity index (χ1n) is 8.39. The van der Waals surface area contributed by atoms with E-state index in [2.05, 4.69) is 27.8 Å². The van der Waals surface area contributed by atoms with Gasteiger partial charge in [-0.3, -0.25) is 4.98 Å². The lowest BCUT2D eigenvalue weighted by molar-refractivity contribution is 0.362. The fraction of sp³-hybridized carbons (Fsp3) is 0.368. The van der Waals surface area contributed by atoms with Gasteiger partial charge in [0.05, 0.1) is 0 Å². The predicted octanol–water partition coefficient (Wildman–Crippen LogP) is 4.97. The quantitative estimate of drug-likeness (QED) is 0.739. The molecule has 1 aromatic carbocycles. The Balaban J connectivity index is 1.60. The Morgan fingerprint density at radius 1 is 1.08 bits per heavy atom. The Bertz CT molecular complexity index is 667. The van der Waals surface area contributed by atoms with Crippen molar-refractivity contribution in [2.75, 3.05) is 5.32 Å². The van der Waals surface area contributed by atoms with Crippen molar-refractivity contribution in [3.05, 3.63) is 59.4 Å². The second-order valence-electron chi connectivity index (χ2n) is 6.43. The van der Waals surface area contributed by atoms with Gasteiger partial charge in [-0.05, 0) is 67.7 Å². The van der Waals surface area contributed by atoms with Gasteiger partial charge in [-0.1, -0.05) is 36.6 Å². The van der Waals surface area contributed by atoms with Gasteiger partial charge in [0.2, 0.25) is 0 Å². The number of nitrogens with zero attached hydrogens (tertiary/aromatic N) is 1. The molecular formula is C19H22ClN3S. The van der Waals surface area contributed by atoms with E-state index in [1.807, 2.05) is 24.3 Å². The smallest absolute Gasteiger partial charge is 0.171 e. The van der Waals surface area contributed by atoms with Gasteiger partial charge < -0.3 is 10.6 Å². The summed E-state index contributed by atoms with van der Waals surface area (Å²) < 4.78 is 0. The molecule has 0 radical (unpaired) electrons. The molecule has 0 atom stereocenters. The van der Waals surface area contributed by atoms with E-state index in [1.165, 1.54) is 31.2 Å². The van der Waals surface area contributed by atoms with Gasteiger partial charge in [0.25, 0.3) is 0 Å². The van der Waals surface area contributed by atoms with E-state index in [-0.39, 0.29) is 5.54 Å². The molecule has 1 aliphatic carbocycles. The number of halogens is 1. The summed E-state index contributed by atoms with van der Waals surface area (Å²) >= 11 is 11.5. The van der Waals surface area contributed by atoms with Crippen LogP contribution in [0.4, 0.5) is 5.69 Å². The Morgan fingerprint density at radius 3 is 2.42 bits per heavy atom. The lowest BCUT2D eigenvalue weighted by Gasteiger charge is -2.32. The third-order valence-corrected chi connectivity index (χ3v) is 5.14. The monoisotopic (exact) mass is 359 g/mol. The van der Waals surface area contributed by atoms with Crippen LogP contribution in [0.2, 0.25) is 5.02 Å². The molecule has 1 saturated carbocycles. The van der Waals surface area contributed by atoms with Crippen LogP contribution >= 0.6 is 23.8 Å². The van der Waals surface area contributed by atoms with Crippen molar-refractivity contribution in [3.63, 3.8) is 0 Å². The van der Waals surface area contributed by atoms with Crippen molar-refractivity contribution in [2.45, 2.75) is 44.1 Å². The van der Waals surface area contributed by atoms with Crippen LogP contribution in [0, 0.1) is 0 Å². The summed E-state index contributed by atoms with van der Waals surface area (Å²) in [4.78, 5) is 4.03. The molecule has 1 aromatic heterocycles. The van der Waals surface area contributed by atoms with Gasteiger partial charge in [0.1, 0.15) is 0 Å². The summed E-state index contributed by atoms with van der Waals surface area (Å²) in [5, 5.41) is 8.34. The van der Waals surface area contributed by atoms with Gasteiger partial charge >= 0.3 is 0 Å². The average Bonchev–Trinajstić information content (AvgIpc) is 3.04. The number of aromatic nitrogens is 1. The summed E-state index contributed by atoms with van der Waals surface area (Å²) in [6, 6.07) is 12.0. The Labute approximate surface area is 153 Å². The first-order chi connectivity index (χ1) is 11.7. The highest BCUT2D eigenvalue weighted by Crippen LogP contribution is 2.34. The molecule has 0 bridgehead atoms. The van der Waals surface area contributed by atoms with Gasteiger partial charge in [-0.2, -0.15) is 0 Å². The minimum Gasteiger partial charge on any atom is -0.357 e. The standard InChI is InChI=1S/C19H22ClN3S/c20-16-5-3-15(4-6-16)7-12-19(10-1-2-11-19)23-18(24)22-17-8-13-21-14-9-17/h3-6,8-9,13-14H,1-2,7,10-12H2,(H2,21,22,23,24). The number of hydrogen-bond donors (Lipinski definition) is 2. The van der Waals surface area contributed by atoms with Crippen LogP contribution in [0.3, 0.4) is 0 Å². The molecule has 1 aliphatic rings. The number of nitrogens with one attached hydrogen (secondary N) is 2. The van der Waals surface area contributed by atoms with Crippen molar-refractivity contribution < 1.29 is 0 Å². The molecule has 1 heterocycles. The van der Waals surface area contributed by atoms with Crippen molar-refractivity contribution >= 4 is 34.6 Å². The molecule has 126 valence electrons. The molecule has 2 aromatic rings. The predicted molar refractivity (Wildman–Crippen MR) is 105 cm³/mol. The summed E-state index contributed by atoms with van der Waals surface area (Å²) in [5.41, 5.74) is 2.38. The first-order valence-corrected chi connectivity index (χ1v) is 9.18. The topological polar surface area (TPSA) is 37.0 Å². The number of thiocarbonyl (C=S) groups is 1. The molecule has 3 rings (SSSR count). The molecule has 2 N–H and O–H groups in total. The molecule has 0 spiro atoms. The minimum absolute atomic E-state index is 0.0940. The average molecular weight is 360 g/mol. The van der Waals surface area contributed by atoms with E-state index in [0.717, 1.165) is 23.6 Å². The van der Waals surface area contributed by atoms with Crippen molar-refractivity contribution in [2.24, 2.45) is 0 Å². The minimum atomic E-state index is 0.0940. The number of benzene rings is 1. The van der Waals surface area contributed by atoms with Gasteiger partial charge in [0, 0.05) is 28.6 Å². The fourth-order valence-electron chi connectivity index (χ4n) is 3.36. The number of rotatable bonds is 5. The van der Waals surface area contributed by atoms with E-state index < -0.39 is 0 Å². The van der Waals surface area contributed by atoms with Crippen LogP contribution in [-0.2, 0) is 6.42 Å². The summed E-state index contributed by atoms with van der Waals surface area (Å²) in [7, 11) is 0. The lowest BCUT2D eigenvalue weighted by Crippen LogP contribution is -2.48. The zero-order chi connectivity index (χ0) is 16.8.